The molecule has 106 valence electrons. The maximum Gasteiger partial charge on any atom is 0.416 e. The number of hydrogen-bond acceptors (Lipinski definition) is 2. The van der Waals surface area contributed by atoms with Crippen molar-refractivity contribution in [2.45, 2.75) is 19.1 Å². The van der Waals surface area contributed by atoms with E-state index >= 15 is 0 Å². The fourth-order valence-corrected chi connectivity index (χ4v) is 2.10. The Morgan fingerprint density at radius 1 is 1.10 bits per heavy atom. The first-order valence-electron chi connectivity index (χ1n) is 6.20. The van der Waals surface area contributed by atoms with E-state index in [4.69, 9.17) is 0 Å². The minimum absolute atomic E-state index is 0.364. The van der Waals surface area contributed by atoms with Gasteiger partial charge in [0.25, 0.3) is 0 Å². The van der Waals surface area contributed by atoms with E-state index in [0.29, 0.717) is 11.3 Å². The van der Waals surface area contributed by atoms with Crippen molar-refractivity contribution in [1.82, 2.24) is 10.3 Å². The summed E-state index contributed by atoms with van der Waals surface area (Å²) in [5.41, 5.74) is 1.42. The van der Waals surface area contributed by atoms with Crippen LogP contribution in [0.3, 0.4) is 0 Å². The van der Waals surface area contributed by atoms with Crippen LogP contribution in [-0.4, -0.2) is 12.0 Å². The SMILES string of the molecule is CNC(c1cccc(C(F)(F)F)c1)c1cccc(C)n1. The van der Waals surface area contributed by atoms with E-state index in [1.54, 1.807) is 19.2 Å². The van der Waals surface area contributed by atoms with Crippen molar-refractivity contribution in [2.75, 3.05) is 7.05 Å². The van der Waals surface area contributed by atoms with Crippen LogP contribution < -0.4 is 5.32 Å². The van der Waals surface area contributed by atoms with E-state index in [0.717, 1.165) is 17.8 Å². The fourth-order valence-electron chi connectivity index (χ4n) is 2.10. The molecule has 0 bridgehead atoms. The molecule has 2 rings (SSSR count). The molecule has 0 saturated heterocycles. The van der Waals surface area contributed by atoms with Gasteiger partial charge in [-0.3, -0.25) is 4.98 Å². The summed E-state index contributed by atoms with van der Waals surface area (Å²) < 4.78 is 38.3. The molecule has 0 spiro atoms. The lowest BCUT2D eigenvalue weighted by Crippen LogP contribution is -2.20. The standard InChI is InChI=1S/C15H15F3N2/c1-10-5-3-8-13(20-10)14(19-2)11-6-4-7-12(9-11)15(16,17)18/h3-9,14,19H,1-2H3. The molecule has 1 atom stereocenters. The molecule has 0 aliphatic heterocycles. The summed E-state index contributed by atoms with van der Waals surface area (Å²) in [6.45, 7) is 1.85. The Kier molecular flexibility index (Phi) is 4.09. The lowest BCUT2D eigenvalue weighted by Gasteiger charge is -2.18. The second kappa shape index (κ2) is 5.63. The van der Waals surface area contributed by atoms with Gasteiger partial charge >= 0.3 is 6.18 Å². The zero-order valence-corrected chi connectivity index (χ0v) is 11.2. The van der Waals surface area contributed by atoms with Crippen LogP contribution in [0.5, 0.6) is 0 Å². The van der Waals surface area contributed by atoms with Crippen LogP contribution >= 0.6 is 0 Å². The summed E-state index contributed by atoms with van der Waals surface area (Å²) in [5, 5.41) is 3.01. The fraction of sp³-hybridized carbons (Fsp3) is 0.267. The molecule has 0 amide bonds. The molecule has 5 heteroatoms. The molecular weight excluding hydrogens is 265 g/mol. The Balaban J connectivity index is 2.42. The van der Waals surface area contributed by atoms with Gasteiger partial charge in [0.1, 0.15) is 0 Å². The van der Waals surface area contributed by atoms with Gasteiger partial charge in [0.2, 0.25) is 0 Å². The zero-order chi connectivity index (χ0) is 14.8. The van der Waals surface area contributed by atoms with Crippen molar-refractivity contribution in [3.8, 4) is 0 Å². The summed E-state index contributed by atoms with van der Waals surface area (Å²) in [6, 6.07) is 10.4. The molecule has 0 fully saturated rings. The summed E-state index contributed by atoms with van der Waals surface area (Å²) in [4.78, 5) is 4.37. The Morgan fingerprint density at radius 2 is 1.80 bits per heavy atom. The summed E-state index contributed by atoms with van der Waals surface area (Å²) in [6.07, 6.45) is -4.34. The predicted octanol–water partition coefficient (Wildman–Crippen LogP) is 3.72. The van der Waals surface area contributed by atoms with E-state index in [1.807, 2.05) is 19.1 Å². The van der Waals surface area contributed by atoms with Crippen molar-refractivity contribution in [3.05, 3.63) is 65.0 Å². The first-order chi connectivity index (χ1) is 9.41. The zero-order valence-electron chi connectivity index (χ0n) is 11.2. The van der Waals surface area contributed by atoms with Crippen molar-refractivity contribution in [2.24, 2.45) is 0 Å². The Labute approximate surface area is 115 Å². The molecule has 0 saturated carbocycles. The third-order valence-electron chi connectivity index (χ3n) is 3.04. The van der Waals surface area contributed by atoms with Gasteiger partial charge in [0, 0.05) is 5.69 Å². The monoisotopic (exact) mass is 280 g/mol. The summed E-state index contributed by atoms with van der Waals surface area (Å²) in [7, 11) is 1.70. The summed E-state index contributed by atoms with van der Waals surface area (Å²) in [5.74, 6) is 0. The molecule has 1 aromatic carbocycles. The van der Waals surface area contributed by atoms with Gasteiger partial charge in [0.15, 0.2) is 0 Å². The molecular formula is C15H15F3N2. The van der Waals surface area contributed by atoms with E-state index in [-0.39, 0.29) is 6.04 Å². The molecule has 1 heterocycles. The average Bonchev–Trinajstić information content (AvgIpc) is 2.39. The number of aryl methyl sites for hydroxylation is 1. The highest BCUT2D eigenvalue weighted by atomic mass is 19.4. The topological polar surface area (TPSA) is 24.9 Å². The van der Waals surface area contributed by atoms with Crippen LogP contribution in [0.15, 0.2) is 42.5 Å². The highest BCUT2D eigenvalue weighted by Crippen LogP contribution is 2.31. The average molecular weight is 280 g/mol. The van der Waals surface area contributed by atoms with Crippen LogP contribution in [0, 0.1) is 6.92 Å². The molecule has 2 aromatic rings. The highest BCUT2D eigenvalue weighted by Gasteiger charge is 2.31. The van der Waals surface area contributed by atoms with Crippen LogP contribution in [0.2, 0.25) is 0 Å². The number of benzene rings is 1. The minimum atomic E-state index is -4.34. The molecule has 1 N–H and O–H groups in total. The number of alkyl halides is 3. The lowest BCUT2D eigenvalue weighted by atomic mass is 10.0. The first-order valence-corrected chi connectivity index (χ1v) is 6.20. The van der Waals surface area contributed by atoms with Crippen molar-refractivity contribution >= 4 is 0 Å². The largest absolute Gasteiger partial charge is 0.416 e. The Morgan fingerprint density at radius 3 is 2.40 bits per heavy atom. The Bertz CT molecular complexity index is 594. The third kappa shape index (κ3) is 3.17. The first kappa shape index (κ1) is 14.5. The molecule has 0 radical (unpaired) electrons. The summed E-state index contributed by atoms with van der Waals surface area (Å²) >= 11 is 0. The third-order valence-corrected chi connectivity index (χ3v) is 3.04. The van der Waals surface area contributed by atoms with Gasteiger partial charge in [-0.25, -0.2) is 0 Å². The smallest absolute Gasteiger partial charge is 0.308 e. The number of nitrogens with zero attached hydrogens (tertiary/aromatic N) is 1. The van der Waals surface area contributed by atoms with Crippen LogP contribution in [0.25, 0.3) is 0 Å². The number of hydrogen-bond donors (Lipinski definition) is 1. The lowest BCUT2D eigenvalue weighted by molar-refractivity contribution is -0.137. The second-order valence-corrected chi connectivity index (χ2v) is 4.55. The van der Waals surface area contributed by atoms with Gasteiger partial charge < -0.3 is 5.32 Å². The number of nitrogens with one attached hydrogen (secondary N) is 1. The second-order valence-electron chi connectivity index (χ2n) is 4.55. The molecule has 1 aromatic heterocycles. The van der Waals surface area contributed by atoms with Crippen LogP contribution in [0.1, 0.15) is 28.6 Å². The maximum atomic E-state index is 12.8. The van der Waals surface area contributed by atoms with Gasteiger partial charge in [-0.15, -0.1) is 0 Å². The molecule has 1 unspecified atom stereocenters. The van der Waals surface area contributed by atoms with Crippen molar-refractivity contribution in [3.63, 3.8) is 0 Å². The van der Waals surface area contributed by atoms with E-state index in [1.165, 1.54) is 6.07 Å². The van der Waals surface area contributed by atoms with Crippen LogP contribution in [-0.2, 0) is 6.18 Å². The predicted molar refractivity (Wildman–Crippen MR) is 71.3 cm³/mol. The molecule has 0 aliphatic rings. The molecule has 2 nitrogen and oxygen atoms in total. The van der Waals surface area contributed by atoms with Crippen LogP contribution in [0.4, 0.5) is 13.2 Å². The van der Waals surface area contributed by atoms with Crippen molar-refractivity contribution in [1.29, 1.82) is 0 Å². The molecule has 0 aliphatic carbocycles. The van der Waals surface area contributed by atoms with E-state index < -0.39 is 11.7 Å². The van der Waals surface area contributed by atoms with E-state index in [2.05, 4.69) is 10.3 Å². The molecule has 20 heavy (non-hydrogen) atoms. The minimum Gasteiger partial charge on any atom is -0.308 e. The van der Waals surface area contributed by atoms with Crippen molar-refractivity contribution < 1.29 is 13.2 Å². The quantitative estimate of drug-likeness (QED) is 0.927. The highest BCUT2D eigenvalue weighted by molar-refractivity contribution is 5.33. The number of aromatic nitrogens is 1. The number of halogens is 3. The van der Waals surface area contributed by atoms with Gasteiger partial charge in [0.05, 0.1) is 17.3 Å². The van der Waals surface area contributed by atoms with Gasteiger partial charge in [-0.1, -0.05) is 18.2 Å². The number of pyridine rings is 1. The maximum absolute atomic E-state index is 12.8. The van der Waals surface area contributed by atoms with Gasteiger partial charge in [-0.05, 0) is 43.8 Å². The Hall–Kier alpha value is -1.88. The number of rotatable bonds is 3. The van der Waals surface area contributed by atoms with Gasteiger partial charge in [-0.2, -0.15) is 13.2 Å². The normalized spacial score (nSPS) is 13.2. The van der Waals surface area contributed by atoms with E-state index in [9.17, 15) is 13.2 Å².